The van der Waals surface area contributed by atoms with Gasteiger partial charge in [-0.05, 0) is 77.0 Å². The summed E-state index contributed by atoms with van der Waals surface area (Å²) < 4.78 is 17.4. The molecule has 188 valence electrons. The van der Waals surface area contributed by atoms with E-state index >= 15 is 0 Å². The number of nitrogens with zero attached hydrogens (tertiary/aromatic N) is 3. The summed E-state index contributed by atoms with van der Waals surface area (Å²) in [5.41, 5.74) is 1.94. The maximum absolute atomic E-state index is 12.5. The van der Waals surface area contributed by atoms with E-state index in [4.69, 9.17) is 14.2 Å². The van der Waals surface area contributed by atoms with Crippen molar-refractivity contribution in [3.63, 3.8) is 0 Å². The predicted molar refractivity (Wildman–Crippen MR) is 142 cm³/mol. The number of hydrogen-bond acceptors (Lipinski definition) is 9. The fraction of sp³-hybridized carbons (Fsp3) is 0.120. The van der Waals surface area contributed by atoms with Crippen molar-refractivity contribution in [1.29, 1.82) is 0 Å². The van der Waals surface area contributed by atoms with Crippen LogP contribution in [-0.4, -0.2) is 28.8 Å². The highest BCUT2D eigenvalue weighted by Gasteiger charge is 2.27. The molecule has 11 nitrogen and oxygen atoms in total. The SMILES string of the molecule is COc1cc(/C=C2\N=C(c3cccc([N+](=O)[O-])c3C)OC2=O)cc(I)c1OCc1ccc([N+](=O)[O-])cc1. The van der Waals surface area contributed by atoms with E-state index in [2.05, 4.69) is 27.6 Å². The van der Waals surface area contributed by atoms with Gasteiger partial charge in [-0.15, -0.1) is 0 Å². The van der Waals surface area contributed by atoms with Crippen LogP contribution in [0.5, 0.6) is 11.5 Å². The van der Waals surface area contributed by atoms with Gasteiger partial charge in [0.1, 0.15) is 6.61 Å². The molecule has 0 spiro atoms. The summed E-state index contributed by atoms with van der Waals surface area (Å²) in [6, 6.07) is 13.9. The van der Waals surface area contributed by atoms with Crippen LogP contribution < -0.4 is 9.47 Å². The number of esters is 1. The Hall–Kier alpha value is -4.33. The third kappa shape index (κ3) is 5.58. The summed E-state index contributed by atoms with van der Waals surface area (Å²) in [6.45, 7) is 1.72. The molecule has 3 aromatic rings. The smallest absolute Gasteiger partial charge is 0.363 e. The molecule has 0 unspecified atom stereocenters. The summed E-state index contributed by atoms with van der Waals surface area (Å²) in [4.78, 5) is 37.8. The van der Waals surface area contributed by atoms with Crippen LogP contribution in [0.3, 0.4) is 0 Å². The Balaban J connectivity index is 1.59. The minimum Gasteiger partial charge on any atom is -0.493 e. The third-order valence-electron chi connectivity index (χ3n) is 5.44. The molecule has 12 heteroatoms. The van der Waals surface area contributed by atoms with Gasteiger partial charge in [-0.1, -0.05) is 6.07 Å². The van der Waals surface area contributed by atoms with Crippen molar-refractivity contribution in [2.45, 2.75) is 13.5 Å². The van der Waals surface area contributed by atoms with Crippen molar-refractivity contribution in [1.82, 2.24) is 0 Å². The highest BCUT2D eigenvalue weighted by Crippen LogP contribution is 2.36. The number of benzene rings is 3. The Morgan fingerprint density at radius 2 is 1.81 bits per heavy atom. The molecule has 3 aromatic carbocycles. The van der Waals surface area contributed by atoms with E-state index in [1.165, 1.54) is 37.5 Å². The lowest BCUT2D eigenvalue weighted by Gasteiger charge is -2.13. The van der Waals surface area contributed by atoms with Crippen molar-refractivity contribution < 1.29 is 28.9 Å². The van der Waals surface area contributed by atoms with E-state index in [0.717, 1.165) is 5.56 Å². The van der Waals surface area contributed by atoms with E-state index in [-0.39, 0.29) is 29.6 Å². The zero-order valence-corrected chi connectivity index (χ0v) is 21.6. The highest BCUT2D eigenvalue weighted by molar-refractivity contribution is 14.1. The Morgan fingerprint density at radius 1 is 1.08 bits per heavy atom. The topological polar surface area (TPSA) is 143 Å². The molecule has 1 heterocycles. The Bertz CT molecular complexity index is 1480. The number of rotatable bonds is 8. The number of ether oxygens (including phenoxy) is 3. The van der Waals surface area contributed by atoms with E-state index < -0.39 is 15.8 Å². The number of halogens is 1. The van der Waals surface area contributed by atoms with E-state index in [1.54, 1.807) is 37.3 Å². The first-order valence-corrected chi connectivity index (χ1v) is 11.8. The average molecular weight is 615 g/mol. The molecule has 0 saturated carbocycles. The number of non-ortho nitro benzene ring substituents is 1. The lowest BCUT2D eigenvalue weighted by Crippen LogP contribution is -2.08. The standard InChI is InChI=1S/C25H18IN3O8/c1-14-18(4-3-5-21(14)29(33)34)24-27-20(25(30)37-24)11-16-10-19(26)23(22(12-16)35-2)36-13-15-6-8-17(9-7-15)28(31)32/h3-12H,13H2,1-2H3/b20-11-. The van der Waals surface area contributed by atoms with Crippen molar-refractivity contribution >= 4 is 51.9 Å². The second kappa shape index (κ2) is 10.7. The van der Waals surface area contributed by atoms with Gasteiger partial charge in [0.25, 0.3) is 11.4 Å². The molecule has 4 rings (SSSR count). The van der Waals surface area contributed by atoms with Crippen LogP contribution in [0.1, 0.15) is 22.3 Å². The van der Waals surface area contributed by atoms with Crippen LogP contribution in [-0.2, 0) is 16.1 Å². The molecule has 1 aliphatic rings. The Labute approximate surface area is 223 Å². The van der Waals surface area contributed by atoms with Gasteiger partial charge in [0.2, 0.25) is 5.90 Å². The average Bonchev–Trinajstić information content (AvgIpc) is 3.22. The van der Waals surface area contributed by atoms with Gasteiger partial charge < -0.3 is 14.2 Å². The molecule has 0 aliphatic carbocycles. The number of cyclic esters (lactones) is 1. The second-order valence-electron chi connectivity index (χ2n) is 7.79. The first kappa shape index (κ1) is 25.8. The Kier molecular flexibility index (Phi) is 7.47. The van der Waals surface area contributed by atoms with Crippen molar-refractivity contribution in [2.75, 3.05) is 7.11 Å². The lowest BCUT2D eigenvalue weighted by atomic mass is 10.1. The van der Waals surface area contributed by atoms with Crippen LogP contribution in [0, 0.1) is 30.7 Å². The molecule has 37 heavy (non-hydrogen) atoms. The van der Waals surface area contributed by atoms with Crippen LogP contribution in [0.15, 0.2) is 65.3 Å². The molecule has 0 bridgehead atoms. The molecule has 0 atom stereocenters. The monoisotopic (exact) mass is 615 g/mol. The van der Waals surface area contributed by atoms with Crippen molar-refractivity contribution in [2.24, 2.45) is 4.99 Å². The predicted octanol–water partition coefficient (Wildman–Crippen LogP) is 5.35. The summed E-state index contributed by atoms with van der Waals surface area (Å²) in [6.07, 6.45) is 1.52. The summed E-state index contributed by atoms with van der Waals surface area (Å²) in [5, 5.41) is 22.1. The van der Waals surface area contributed by atoms with Crippen molar-refractivity contribution in [3.8, 4) is 11.5 Å². The first-order valence-electron chi connectivity index (χ1n) is 10.7. The fourth-order valence-corrected chi connectivity index (χ4v) is 4.35. The molecule has 1 aliphatic heterocycles. The van der Waals surface area contributed by atoms with Gasteiger partial charge in [0, 0.05) is 29.3 Å². The molecule has 0 fully saturated rings. The summed E-state index contributed by atoms with van der Waals surface area (Å²) in [7, 11) is 1.48. The van der Waals surface area contributed by atoms with Gasteiger partial charge >= 0.3 is 5.97 Å². The zero-order chi connectivity index (χ0) is 26.7. The largest absolute Gasteiger partial charge is 0.493 e. The van der Waals surface area contributed by atoms with Gasteiger partial charge in [-0.25, -0.2) is 9.79 Å². The van der Waals surface area contributed by atoms with Crippen LogP contribution >= 0.6 is 22.6 Å². The fourth-order valence-electron chi connectivity index (χ4n) is 3.57. The number of methoxy groups -OCH3 is 1. The van der Waals surface area contributed by atoms with Gasteiger partial charge in [0.05, 0.1) is 20.5 Å². The summed E-state index contributed by atoms with van der Waals surface area (Å²) >= 11 is 2.07. The zero-order valence-electron chi connectivity index (χ0n) is 19.5. The molecular weight excluding hydrogens is 597 g/mol. The van der Waals surface area contributed by atoms with Gasteiger partial charge in [0.15, 0.2) is 17.2 Å². The number of carbonyl (C=O) groups is 1. The summed E-state index contributed by atoms with van der Waals surface area (Å²) in [5.74, 6) is 0.176. The van der Waals surface area contributed by atoms with Crippen LogP contribution in [0.2, 0.25) is 0 Å². The quantitative estimate of drug-likeness (QED) is 0.109. The lowest BCUT2D eigenvalue weighted by molar-refractivity contribution is -0.385. The second-order valence-corrected chi connectivity index (χ2v) is 8.95. The molecule has 0 amide bonds. The molecule has 0 radical (unpaired) electrons. The molecule has 0 saturated heterocycles. The maximum Gasteiger partial charge on any atom is 0.363 e. The molecule has 0 aromatic heterocycles. The number of hydrogen-bond donors (Lipinski definition) is 0. The molecule has 0 N–H and O–H groups in total. The Morgan fingerprint density at radius 3 is 2.46 bits per heavy atom. The first-order chi connectivity index (χ1) is 17.7. The van der Waals surface area contributed by atoms with Crippen LogP contribution in [0.4, 0.5) is 11.4 Å². The number of carbonyl (C=O) groups excluding carboxylic acids is 1. The third-order valence-corrected chi connectivity index (χ3v) is 6.24. The van der Waals surface area contributed by atoms with Gasteiger partial charge in [-0.2, -0.15) is 0 Å². The minimum absolute atomic E-state index is 0.00907. The highest BCUT2D eigenvalue weighted by atomic mass is 127. The normalized spacial score (nSPS) is 13.8. The van der Waals surface area contributed by atoms with E-state index in [0.29, 0.717) is 31.8 Å². The van der Waals surface area contributed by atoms with Crippen molar-refractivity contribution in [3.05, 3.63) is 106 Å². The van der Waals surface area contributed by atoms with E-state index in [9.17, 15) is 25.0 Å². The van der Waals surface area contributed by atoms with E-state index in [1.807, 2.05) is 0 Å². The minimum atomic E-state index is -0.687. The number of aliphatic imine (C=N–C) groups is 1. The van der Waals surface area contributed by atoms with Gasteiger partial charge in [-0.3, -0.25) is 20.2 Å². The number of nitro groups is 2. The number of nitro benzene ring substituents is 2. The maximum atomic E-state index is 12.5. The molecular formula is C25H18IN3O8. The van der Waals surface area contributed by atoms with Crippen LogP contribution in [0.25, 0.3) is 6.08 Å².